The van der Waals surface area contributed by atoms with E-state index in [0.29, 0.717) is 11.8 Å². The third-order valence-electron chi connectivity index (χ3n) is 6.61. The van der Waals surface area contributed by atoms with Gasteiger partial charge in [-0.2, -0.15) is 0 Å². The van der Waals surface area contributed by atoms with Gasteiger partial charge < -0.3 is 0 Å². The molecular weight excluding hydrogens is 388 g/mol. The number of rotatable bonds is 2. The zero-order chi connectivity index (χ0) is 21.7. The Bertz CT molecular complexity index is 1350. The van der Waals surface area contributed by atoms with Gasteiger partial charge in [-0.15, -0.1) is 0 Å². The Balaban J connectivity index is 1.73. The summed E-state index contributed by atoms with van der Waals surface area (Å²) in [6.45, 7) is 4.23. The van der Waals surface area contributed by atoms with Gasteiger partial charge in [0.25, 0.3) is 0 Å². The Hall–Kier alpha value is -3.78. The first-order chi connectivity index (χ1) is 15.7. The Kier molecular flexibility index (Phi) is 4.39. The zero-order valence-electron chi connectivity index (χ0n) is 18.3. The zero-order valence-corrected chi connectivity index (χ0v) is 18.3. The Morgan fingerprint density at radius 1 is 0.531 bits per heavy atom. The summed E-state index contributed by atoms with van der Waals surface area (Å²) >= 11 is 0. The van der Waals surface area contributed by atoms with Crippen molar-refractivity contribution >= 4 is 11.1 Å². The van der Waals surface area contributed by atoms with E-state index in [2.05, 4.69) is 111 Å². The molecular formula is C30H24N2. The number of hydrogen-bond donors (Lipinski definition) is 0. The lowest BCUT2D eigenvalue weighted by atomic mass is 9.74. The summed E-state index contributed by atoms with van der Waals surface area (Å²) in [6, 6.07) is 17.2. The van der Waals surface area contributed by atoms with Crippen molar-refractivity contribution in [3.05, 3.63) is 119 Å². The van der Waals surface area contributed by atoms with E-state index < -0.39 is 0 Å². The second kappa shape index (κ2) is 7.42. The van der Waals surface area contributed by atoms with Gasteiger partial charge in [-0.25, -0.2) is 9.97 Å². The van der Waals surface area contributed by atoms with E-state index in [-0.39, 0.29) is 0 Å². The van der Waals surface area contributed by atoms with Crippen LogP contribution in [0.4, 0.5) is 0 Å². The van der Waals surface area contributed by atoms with Gasteiger partial charge in [0, 0.05) is 23.0 Å². The van der Waals surface area contributed by atoms with Gasteiger partial charge in [-0.3, -0.25) is 0 Å². The molecule has 0 bridgehead atoms. The number of fused-ring (bicyclic) bond motifs is 4. The van der Waals surface area contributed by atoms with Gasteiger partial charge >= 0.3 is 0 Å². The number of aromatic nitrogens is 2. The predicted molar refractivity (Wildman–Crippen MR) is 132 cm³/mol. The van der Waals surface area contributed by atoms with Crippen molar-refractivity contribution in [2.24, 2.45) is 11.8 Å². The Morgan fingerprint density at radius 3 is 1.34 bits per heavy atom. The van der Waals surface area contributed by atoms with Crippen LogP contribution in [-0.2, 0) is 0 Å². The monoisotopic (exact) mass is 412 g/mol. The van der Waals surface area contributed by atoms with Crippen LogP contribution in [0.25, 0.3) is 33.7 Å². The standard InChI is InChI=1S/C30H24N2/c1-19-11-15-21(16-12-19)27-28(22-17-13-20(2)14-18-22)32-30-26-10-6-4-8-24(26)23-7-3-5-9-25(23)29(30)31-27/h3-18,23-24H,1-2H3. The van der Waals surface area contributed by atoms with E-state index >= 15 is 0 Å². The number of benzene rings is 2. The average Bonchev–Trinajstić information content (AvgIpc) is 2.84. The van der Waals surface area contributed by atoms with E-state index in [1.165, 1.54) is 22.3 Å². The number of aryl methyl sites for hydroxylation is 2. The van der Waals surface area contributed by atoms with Crippen LogP contribution in [-0.4, -0.2) is 9.97 Å². The molecule has 2 unspecified atom stereocenters. The van der Waals surface area contributed by atoms with Crippen LogP contribution >= 0.6 is 0 Å². The van der Waals surface area contributed by atoms with Crippen molar-refractivity contribution in [1.29, 1.82) is 0 Å². The molecule has 1 aromatic heterocycles. The molecule has 0 aliphatic heterocycles. The first-order valence-electron chi connectivity index (χ1n) is 11.2. The van der Waals surface area contributed by atoms with E-state index in [1.54, 1.807) is 0 Å². The van der Waals surface area contributed by atoms with E-state index in [9.17, 15) is 0 Å². The molecule has 1 heterocycles. The van der Waals surface area contributed by atoms with Crippen molar-refractivity contribution in [2.45, 2.75) is 13.8 Å². The van der Waals surface area contributed by atoms with Gasteiger partial charge in [0.1, 0.15) is 0 Å². The highest BCUT2D eigenvalue weighted by atomic mass is 14.8. The fraction of sp³-hybridized carbons (Fsp3) is 0.133. The van der Waals surface area contributed by atoms with Crippen molar-refractivity contribution in [3.63, 3.8) is 0 Å². The van der Waals surface area contributed by atoms with Gasteiger partial charge in [-0.05, 0) is 25.0 Å². The molecule has 0 saturated heterocycles. The molecule has 2 nitrogen and oxygen atoms in total. The van der Waals surface area contributed by atoms with Crippen LogP contribution in [0, 0.1) is 25.7 Å². The molecule has 3 aliphatic rings. The minimum Gasteiger partial charge on any atom is -0.244 e. The minimum absolute atomic E-state index is 0.300. The van der Waals surface area contributed by atoms with Gasteiger partial charge in [-0.1, -0.05) is 108 Å². The highest BCUT2D eigenvalue weighted by Gasteiger charge is 2.31. The SMILES string of the molecule is Cc1ccc(-c2nc3c(nc2-c2ccc(C)cc2)=C2C=CC=CC2C2C=CC=CC=32)cc1. The topological polar surface area (TPSA) is 25.8 Å². The third kappa shape index (κ3) is 3.03. The summed E-state index contributed by atoms with van der Waals surface area (Å²) in [7, 11) is 0. The normalized spacial score (nSPS) is 20.2. The maximum Gasteiger partial charge on any atom is 0.0973 e. The Labute approximate surface area is 188 Å². The lowest BCUT2D eigenvalue weighted by Crippen LogP contribution is -2.44. The molecule has 0 fully saturated rings. The molecule has 2 atom stereocenters. The van der Waals surface area contributed by atoms with Crippen LogP contribution in [0.3, 0.4) is 0 Å². The summed E-state index contributed by atoms with van der Waals surface area (Å²) in [5.74, 6) is 0.600. The van der Waals surface area contributed by atoms with E-state index in [0.717, 1.165) is 33.2 Å². The highest BCUT2D eigenvalue weighted by molar-refractivity contribution is 5.81. The minimum atomic E-state index is 0.300. The molecule has 2 heteroatoms. The van der Waals surface area contributed by atoms with Gasteiger partial charge in [0.15, 0.2) is 0 Å². The Morgan fingerprint density at radius 2 is 0.938 bits per heavy atom. The predicted octanol–water partition coefficient (Wildman–Crippen LogP) is 5.23. The number of nitrogens with zero attached hydrogens (tertiary/aromatic N) is 2. The van der Waals surface area contributed by atoms with Crippen LogP contribution in [0.15, 0.2) is 97.1 Å². The van der Waals surface area contributed by atoms with Crippen molar-refractivity contribution in [1.82, 2.24) is 9.97 Å². The van der Waals surface area contributed by atoms with Crippen LogP contribution < -0.4 is 10.7 Å². The van der Waals surface area contributed by atoms with Crippen LogP contribution in [0.1, 0.15) is 11.1 Å². The molecule has 2 aromatic carbocycles. The largest absolute Gasteiger partial charge is 0.244 e. The number of allylic oxidation sites excluding steroid dienone is 8. The van der Waals surface area contributed by atoms with E-state index in [1.807, 2.05) is 0 Å². The van der Waals surface area contributed by atoms with Crippen molar-refractivity contribution in [3.8, 4) is 22.5 Å². The third-order valence-corrected chi connectivity index (χ3v) is 6.61. The second-order valence-electron chi connectivity index (χ2n) is 8.80. The second-order valence-corrected chi connectivity index (χ2v) is 8.80. The number of hydrogen-bond acceptors (Lipinski definition) is 2. The maximum absolute atomic E-state index is 5.32. The molecule has 154 valence electrons. The van der Waals surface area contributed by atoms with Crippen molar-refractivity contribution in [2.75, 3.05) is 0 Å². The summed E-state index contributed by atoms with van der Waals surface area (Å²) in [4.78, 5) is 10.6. The van der Waals surface area contributed by atoms with Gasteiger partial charge in [0.05, 0.1) is 22.1 Å². The molecule has 0 spiro atoms. The molecule has 0 amide bonds. The quantitative estimate of drug-likeness (QED) is 0.576. The maximum atomic E-state index is 5.32. The fourth-order valence-electron chi connectivity index (χ4n) is 4.88. The summed E-state index contributed by atoms with van der Waals surface area (Å²) < 4.78 is 0. The van der Waals surface area contributed by atoms with Crippen molar-refractivity contribution < 1.29 is 0 Å². The lowest BCUT2D eigenvalue weighted by Gasteiger charge is -2.30. The summed E-state index contributed by atoms with van der Waals surface area (Å²) in [5.41, 5.74) is 9.07. The summed E-state index contributed by atoms with van der Waals surface area (Å²) in [6.07, 6.45) is 17.6. The van der Waals surface area contributed by atoms with Crippen LogP contribution in [0.2, 0.25) is 0 Å². The molecule has 32 heavy (non-hydrogen) atoms. The lowest BCUT2D eigenvalue weighted by molar-refractivity contribution is 0.685. The van der Waals surface area contributed by atoms with Gasteiger partial charge in [0.2, 0.25) is 0 Å². The van der Waals surface area contributed by atoms with E-state index in [4.69, 9.17) is 9.97 Å². The first kappa shape index (κ1) is 18.9. The highest BCUT2D eigenvalue weighted by Crippen LogP contribution is 2.37. The molecule has 3 aromatic rings. The average molecular weight is 413 g/mol. The molecule has 0 radical (unpaired) electrons. The fourth-order valence-corrected chi connectivity index (χ4v) is 4.88. The molecule has 6 rings (SSSR count). The van der Waals surface area contributed by atoms with Crippen LogP contribution in [0.5, 0.6) is 0 Å². The first-order valence-corrected chi connectivity index (χ1v) is 11.2. The molecule has 0 N–H and O–H groups in total. The molecule has 3 aliphatic carbocycles. The summed E-state index contributed by atoms with van der Waals surface area (Å²) in [5, 5.41) is 2.02. The molecule has 0 saturated carbocycles. The smallest absolute Gasteiger partial charge is 0.0973 e.